The van der Waals surface area contributed by atoms with Crippen LogP contribution in [0.4, 0.5) is 10.1 Å². The summed E-state index contributed by atoms with van der Waals surface area (Å²) in [4.78, 5) is 0.221. The van der Waals surface area contributed by atoms with Gasteiger partial charge in [0.2, 0.25) is 10.0 Å². The number of rotatable bonds is 4. The number of sulfonamides is 1. The lowest BCUT2D eigenvalue weighted by atomic mass is 10.1. The number of anilines is 1. The minimum absolute atomic E-state index is 0.221. The summed E-state index contributed by atoms with van der Waals surface area (Å²) in [6.45, 7) is 0.243. The summed E-state index contributed by atoms with van der Waals surface area (Å²) in [5.74, 6) is -0.409. The highest BCUT2D eigenvalue weighted by atomic mass is 35.5. The van der Waals surface area contributed by atoms with Crippen molar-refractivity contribution in [1.29, 1.82) is 0 Å². The molecule has 0 aliphatic carbocycles. The topological polar surface area (TPSA) is 49.4 Å². The highest BCUT2D eigenvalue weighted by Crippen LogP contribution is 2.38. The summed E-state index contributed by atoms with van der Waals surface area (Å²) >= 11 is 5.93. The Morgan fingerprint density at radius 3 is 2.50 bits per heavy atom. The summed E-state index contributed by atoms with van der Waals surface area (Å²) in [6, 6.07) is 20.1. The molecule has 1 atom stereocenters. The first kappa shape index (κ1) is 18.9. The molecule has 4 rings (SSSR count). The maximum absolute atomic E-state index is 13.8. The standard InChI is InChI=1S/C21H18ClFN2O2S/c22-17-10-8-15(9-11-17)12-13-25-21(16-4-3-5-18(23)14-16)24-19-6-1-2-7-20(19)28(25,26)27/h1-11,14,21,24H,12-13H2/t21-/m1/s1. The molecule has 7 heteroatoms. The molecule has 0 radical (unpaired) electrons. The van der Waals surface area contributed by atoms with E-state index in [1.54, 1.807) is 48.5 Å². The van der Waals surface area contributed by atoms with Crippen LogP contribution in [0.15, 0.2) is 77.7 Å². The second kappa shape index (κ2) is 7.54. The molecule has 0 spiro atoms. The fourth-order valence-corrected chi connectivity index (χ4v) is 5.18. The molecular formula is C21H18ClFN2O2S. The predicted molar refractivity (Wildman–Crippen MR) is 108 cm³/mol. The second-order valence-corrected chi connectivity index (χ2v) is 8.89. The van der Waals surface area contributed by atoms with Gasteiger partial charge in [-0.3, -0.25) is 0 Å². The van der Waals surface area contributed by atoms with Crippen molar-refractivity contribution in [3.63, 3.8) is 0 Å². The lowest BCUT2D eigenvalue weighted by Gasteiger charge is -2.37. The molecule has 0 amide bonds. The van der Waals surface area contributed by atoms with Gasteiger partial charge in [0.25, 0.3) is 0 Å². The fraction of sp³-hybridized carbons (Fsp3) is 0.143. The van der Waals surface area contributed by atoms with Crippen molar-refractivity contribution in [2.75, 3.05) is 11.9 Å². The summed E-state index contributed by atoms with van der Waals surface area (Å²) in [5.41, 5.74) is 2.03. The minimum atomic E-state index is -3.75. The van der Waals surface area contributed by atoms with E-state index in [1.807, 2.05) is 12.1 Å². The quantitative estimate of drug-likeness (QED) is 0.662. The molecule has 0 saturated heterocycles. The van der Waals surface area contributed by atoms with Crippen molar-refractivity contribution in [2.24, 2.45) is 0 Å². The summed E-state index contributed by atoms with van der Waals surface area (Å²) in [6.07, 6.45) is -0.186. The molecule has 1 aliphatic rings. The largest absolute Gasteiger partial charge is 0.364 e. The van der Waals surface area contributed by atoms with Crippen molar-refractivity contribution in [2.45, 2.75) is 17.5 Å². The first-order valence-corrected chi connectivity index (χ1v) is 10.6. The number of benzene rings is 3. The average Bonchev–Trinajstić information content (AvgIpc) is 2.68. The van der Waals surface area contributed by atoms with E-state index in [0.717, 1.165) is 5.56 Å². The first-order valence-electron chi connectivity index (χ1n) is 8.82. The molecule has 0 fully saturated rings. The van der Waals surface area contributed by atoms with E-state index >= 15 is 0 Å². The SMILES string of the molecule is O=S1(=O)c2ccccc2N[C@@H](c2cccc(F)c2)N1CCc1ccc(Cl)cc1. The van der Waals surface area contributed by atoms with Crippen LogP contribution in [0.2, 0.25) is 5.02 Å². The smallest absolute Gasteiger partial charge is 0.247 e. The van der Waals surface area contributed by atoms with Crippen LogP contribution in [0.25, 0.3) is 0 Å². The van der Waals surface area contributed by atoms with Gasteiger partial charge in [-0.2, -0.15) is 4.31 Å². The van der Waals surface area contributed by atoms with Crippen LogP contribution in [0.3, 0.4) is 0 Å². The molecule has 1 heterocycles. The fourth-order valence-electron chi connectivity index (χ4n) is 3.36. The van der Waals surface area contributed by atoms with Crippen LogP contribution < -0.4 is 5.32 Å². The number of fused-ring (bicyclic) bond motifs is 1. The van der Waals surface area contributed by atoms with Gasteiger partial charge < -0.3 is 5.32 Å². The van der Waals surface area contributed by atoms with Gasteiger partial charge in [0.05, 0.1) is 5.69 Å². The van der Waals surface area contributed by atoms with Gasteiger partial charge in [0, 0.05) is 11.6 Å². The zero-order chi connectivity index (χ0) is 19.7. The average molecular weight is 417 g/mol. The molecular weight excluding hydrogens is 399 g/mol. The van der Waals surface area contributed by atoms with Gasteiger partial charge in [0.1, 0.15) is 16.9 Å². The highest BCUT2D eigenvalue weighted by Gasteiger charge is 2.38. The van der Waals surface area contributed by atoms with Crippen molar-refractivity contribution < 1.29 is 12.8 Å². The van der Waals surface area contributed by atoms with Gasteiger partial charge >= 0.3 is 0 Å². The zero-order valence-electron chi connectivity index (χ0n) is 14.8. The normalized spacial score (nSPS) is 18.3. The molecule has 0 aromatic heterocycles. The number of nitrogens with one attached hydrogen (secondary N) is 1. The minimum Gasteiger partial charge on any atom is -0.364 e. The van der Waals surface area contributed by atoms with E-state index in [2.05, 4.69) is 5.32 Å². The summed E-state index contributed by atoms with van der Waals surface area (Å²) in [7, 11) is -3.75. The Kier molecular flexibility index (Phi) is 5.10. The Morgan fingerprint density at radius 2 is 1.75 bits per heavy atom. The lowest BCUT2D eigenvalue weighted by molar-refractivity contribution is 0.344. The van der Waals surface area contributed by atoms with Crippen molar-refractivity contribution in [3.8, 4) is 0 Å². The number of nitrogens with zero attached hydrogens (tertiary/aromatic N) is 1. The van der Waals surface area contributed by atoms with Crippen molar-refractivity contribution in [1.82, 2.24) is 4.31 Å². The molecule has 0 bridgehead atoms. The molecule has 28 heavy (non-hydrogen) atoms. The second-order valence-electron chi connectivity index (χ2n) is 6.59. The Morgan fingerprint density at radius 1 is 1.00 bits per heavy atom. The van der Waals surface area contributed by atoms with Gasteiger partial charge in [0.15, 0.2) is 0 Å². The Bertz CT molecular complexity index is 1100. The molecule has 4 nitrogen and oxygen atoms in total. The van der Waals surface area contributed by atoms with Crippen LogP contribution >= 0.6 is 11.6 Å². The molecule has 144 valence electrons. The van der Waals surface area contributed by atoms with Crippen molar-refractivity contribution in [3.05, 3.63) is 94.8 Å². The molecule has 0 saturated carbocycles. The zero-order valence-corrected chi connectivity index (χ0v) is 16.4. The number of hydrogen-bond donors (Lipinski definition) is 1. The van der Waals surface area contributed by atoms with Crippen molar-refractivity contribution >= 4 is 27.3 Å². The molecule has 0 unspecified atom stereocenters. The number of halogens is 2. The summed E-state index contributed by atoms with van der Waals surface area (Å²) < 4.78 is 41.8. The highest BCUT2D eigenvalue weighted by molar-refractivity contribution is 7.89. The third-order valence-electron chi connectivity index (χ3n) is 4.75. The van der Waals surface area contributed by atoms with E-state index in [-0.39, 0.29) is 11.4 Å². The predicted octanol–water partition coefficient (Wildman–Crippen LogP) is 4.84. The monoisotopic (exact) mass is 416 g/mol. The Balaban J connectivity index is 1.73. The lowest BCUT2D eigenvalue weighted by Crippen LogP contribution is -2.43. The van der Waals surface area contributed by atoms with E-state index < -0.39 is 22.0 Å². The van der Waals surface area contributed by atoms with Gasteiger partial charge in [-0.1, -0.05) is 48.0 Å². The van der Waals surface area contributed by atoms with Gasteiger partial charge in [-0.05, 0) is 53.9 Å². The third-order valence-corrected chi connectivity index (χ3v) is 6.93. The third kappa shape index (κ3) is 3.63. The van der Waals surface area contributed by atoms with E-state index in [4.69, 9.17) is 11.6 Å². The van der Waals surface area contributed by atoms with Crippen LogP contribution in [-0.2, 0) is 16.4 Å². The first-order chi connectivity index (χ1) is 13.4. The van der Waals surface area contributed by atoms with Crippen LogP contribution in [0, 0.1) is 5.82 Å². The van der Waals surface area contributed by atoms with Crippen LogP contribution in [-0.4, -0.2) is 19.3 Å². The number of para-hydroxylation sites is 1. The summed E-state index contributed by atoms with van der Waals surface area (Å²) in [5, 5.41) is 3.88. The maximum Gasteiger partial charge on any atom is 0.247 e. The maximum atomic E-state index is 13.8. The molecule has 1 N–H and O–H groups in total. The van der Waals surface area contributed by atoms with E-state index in [1.165, 1.54) is 16.4 Å². The van der Waals surface area contributed by atoms with E-state index in [0.29, 0.717) is 22.7 Å². The van der Waals surface area contributed by atoms with E-state index in [9.17, 15) is 12.8 Å². The molecule has 1 aliphatic heterocycles. The Labute approximate surface area is 168 Å². The number of hydrogen-bond acceptors (Lipinski definition) is 3. The van der Waals surface area contributed by atoms with Gasteiger partial charge in [-0.25, -0.2) is 12.8 Å². The van der Waals surface area contributed by atoms with Crippen LogP contribution in [0.5, 0.6) is 0 Å². The van der Waals surface area contributed by atoms with Crippen LogP contribution in [0.1, 0.15) is 17.3 Å². The Hall–Kier alpha value is -2.41. The molecule has 3 aromatic rings. The molecule has 3 aromatic carbocycles. The van der Waals surface area contributed by atoms with Gasteiger partial charge in [-0.15, -0.1) is 0 Å².